The molecular weight excluding hydrogens is 471 g/mol. The van der Waals surface area contributed by atoms with Gasteiger partial charge >= 0.3 is 0 Å². The average Bonchev–Trinajstić information content (AvgIpc) is 2.88. The number of Topliss-reactive ketones (excluding diaryl/α,β-unsaturated/α-hetero) is 1. The molecule has 1 aliphatic heterocycles. The highest BCUT2D eigenvalue weighted by molar-refractivity contribution is 6.10. The van der Waals surface area contributed by atoms with Crippen molar-refractivity contribution in [2.45, 2.75) is 31.6 Å². The van der Waals surface area contributed by atoms with Crippen LogP contribution in [0.4, 0.5) is 10.1 Å². The molecule has 7 heteroatoms. The Labute approximate surface area is 214 Å². The Morgan fingerprint density at radius 1 is 1.03 bits per heavy atom. The third-order valence-corrected chi connectivity index (χ3v) is 6.96. The zero-order valence-electron chi connectivity index (χ0n) is 20.5. The number of rotatable bonds is 5. The molecule has 0 fully saturated rings. The maximum atomic E-state index is 13.8. The molecule has 3 aromatic carbocycles. The largest absolute Gasteiger partial charge is 0.504 e. The second kappa shape index (κ2) is 9.93. The molecule has 0 spiro atoms. The molecule has 3 N–H and O–H groups in total. The van der Waals surface area contributed by atoms with Crippen molar-refractivity contribution >= 4 is 17.4 Å². The number of nitrogens with one attached hydrogen (secondary N) is 2. The Morgan fingerprint density at radius 3 is 2.54 bits per heavy atom. The van der Waals surface area contributed by atoms with Crippen molar-refractivity contribution in [3.05, 3.63) is 112 Å². The van der Waals surface area contributed by atoms with Crippen molar-refractivity contribution in [2.24, 2.45) is 0 Å². The van der Waals surface area contributed by atoms with Crippen LogP contribution in [0.2, 0.25) is 0 Å². The first-order valence-electron chi connectivity index (χ1n) is 12.1. The van der Waals surface area contributed by atoms with Gasteiger partial charge in [0.1, 0.15) is 5.82 Å². The number of allylic oxidation sites excluding steroid dienone is 3. The van der Waals surface area contributed by atoms with E-state index in [4.69, 9.17) is 4.74 Å². The van der Waals surface area contributed by atoms with Crippen LogP contribution in [0.15, 0.2) is 95.3 Å². The summed E-state index contributed by atoms with van der Waals surface area (Å²) in [6.07, 6.45) is 0.932. The van der Waals surface area contributed by atoms with Gasteiger partial charge in [0.15, 0.2) is 17.3 Å². The number of amides is 1. The van der Waals surface area contributed by atoms with E-state index in [-0.39, 0.29) is 23.2 Å². The lowest BCUT2D eigenvalue weighted by Gasteiger charge is -2.37. The Balaban J connectivity index is 1.59. The van der Waals surface area contributed by atoms with Crippen LogP contribution < -0.4 is 15.4 Å². The molecule has 0 unspecified atom stereocenters. The molecule has 0 saturated carbocycles. The second-order valence-corrected chi connectivity index (χ2v) is 9.32. The van der Waals surface area contributed by atoms with E-state index >= 15 is 0 Å². The number of halogens is 1. The van der Waals surface area contributed by atoms with E-state index in [9.17, 15) is 19.1 Å². The third kappa shape index (κ3) is 4.72. The van der Waals surface area contributed by atoms with Gasteiger partial charge in [-0.15, -0.1) is 0 Å². The van der Waals surface area contributed by atoms with Gasteiger partial charge in [-0.05, 0) is 60.7 Å². The number of hydrogen-bond acceptors (Lipinski definition) is 5. The molecule has 37 heavy (non-hydrogen) atoms. The molecule has 0 radical (unpaired) electrons. The number of hydrogen-bond donors (Lipinski definition) is 3. The van der Waals surface area contributed by atoms with E-state index in [1.54, 1.807) is 25.1 Å². The van der Waals surface area contributed by atoms with Gasteiger partial charge in [-0.2, -0.15) is 0 Å². The van der Waals surface area contributed by atoms with Crippen molar-refractivity contribution < 1.29 is 23.8 Å². The van der Waals surface area contributed by atoms with E-state index in [2.05, 4.69) is 10.6 Å². The number of dihydropyridines is 1. The number of anilines is 1. The Bertz CT molecular complexity index is 1440. The predicted octanol–water partition coefficient (Wildman–Crippen LogP) is 5.54. The summed E-state index contributed by atoms with van der Waals surface area (Å²) in [7, 11) is 1.45. The Morgan fingerprint density at radius 2 is 1.81 bits per heavy atom. The normalized spacial score (nSPS) is 19.3. The number of phenols is 1. The molecular formula is C30H27FN2O4. The average molecular weight is 499 g/mol. The summed E-state index contributed by atoms with van der Waals surface area (Å²) < 4.78 is 19.1. The smallest absolute Gasteiger partial charge is 0.254 e. The fraction of sp³-hybridized carbons (Fsp3) is 0.200. The number of ether oxygens (including phenoxy) is 1. The lowest BCUT2D eigenvalue weighted by atomic mass is 9.71. The molecule has 1 amide bonds. The number of ketones is 1. The first kappa shape index (κ1) is 24.3. The molecule has 2 aliphatic rings. The Hall–Kier alpha value is -4.39. The summed E-state index contributed by atoms with van der Waals surface area (Å²) in [6.45, 7) is 1.80. The van der Waals surface area contributed by atoms with Gasteiger partial charge in [0.2, 0.25) is 0 Å². The van der Waals surface area contributed by atoms with Crippen LogP contribution in [0, 0.1) is 5.82 Å². The molecule has 6 nitrogen and oxygen atoms in total. The minimum atomic E-state index is -0.691. The van der Waals surface area contributed by atoms with Gasteiger partial charge < -0.3 is 20.5 Å². The van der Waals surface area contributed by atoms with Crippen molar-refractivity contribution in [1.29, 1.82) is 0 Å². The quantitative estimate of drug-likeness (QED) is 0.430. The van der Waals surface area contributed by atoms with E-state index in [0.717, 1.165) is 11.3 Å². The number of benzene rings is 3. The first-order valence-corrected chi connectivity index (χ1v) is 12.1. The van der Waals surface area contributed by atoms with Crippen molar-refractivity contribution in [2.75, 3.05) is 12.4 Å². The molecule has 0 saturated heterocycles. The molecule has 2 atom stereocenters. The van der Waals surface area contributed by atoms with E-state index < -0.39 is 17.6 Å². The Kier molecular flexibility index (Phi) is 6.53. The number of aromatic hydroxyl groups is 1. The summed E-state index contributed by atoms with van der Waals surface area (Å²) in [5, 5.41) is 16.3. The summed E-state index contributed by atoms with van der Waals surface area (Å²) in [6, 6.07) is 20.4. The number of methoxy groups -OCH3 is 1. The van der Waals surface area contributed by atoms with Gasteiger partial charge in [0, 0.05) is 40.6 Å². The van der Waals surface area contributed by atoms with Crippen LogP contribution in [0.3, 0.4) is 0 Å². The third-order valence-electron chi connectivity index (χ3n) is 6.96. The van der Waals surface area contributed by atoms with Crippen molar-refractivity contribution in [3.63, 3.8) is 0 Å². The fourth-order valence-electron chi connectivity index (χ4n) is 5.27. The van der Waals surface area contributed by atoms with Crippen LogP contribution in [0.1, 0.15) is 42.7 Å². The van der Waals surface area contributed by atoms with Gasteiger partial charge in [0.25, 0.3) is 5.91 Å². The van der Waals surface area contributed by atoms with Crippen molar-refractivity contribution in [3.8, 4) is 11.5 Å². The predicted molar refractivity (Wildman–Crippen MR) is 139 cm³/mol. The monoisotopic (exact) mass is 498 g/mol. The van der Waals surface area contributed by atoms with Crippen LogP contribution in [-0.4, -0.2) is 23.9 Å². The minimum absolute atomic E-state index is 0.0189. The summed E-state index contributed by atoms with van der Waals surface area (Å²) in [5.74, 6) is -1.44. The molecule has 3 aromatic rings. The number of carbonyl (C=O) groups is 2. The van der Waals surface area contributed by atoms with Crippen molar-refractivity contribution in [1.82, 2.24) is 5.32 Å². The highest BCUT2D eigenvalue weighted by atomic mass is 19.1. The molecule has 1 heterocycles. The highest BCUT2D eigenvalue weighted by Gasteiger charge is 2.41. The van der Waals surface area contributed by atoms with Gasteiger partial charge in [-0.3, -0.25) is 9.59 Å². The summed E-state index contributed by atoms with van der Waals surface area (Å²) in [5.41, 5.74) is 4.29. The van der Waals surface area contributed by atoms with Gasteiger partial charge in [-0.1, -0.05) is 42.5 Å². The highest BCUT2D eigenvalue weighted by Crippen LogP contribution is 2.46. The first-order chi connectivity index (χ1) is 17.9. The zero-order valence-corrected chi connectivity index (χ0v) is 20.5. The lowest BCUT2D eigenvalue weighted by Crippen LogP contribution is -2.37. The topological polar surface area (TPSA) is 87.7 Å². The van der Waals surface area contributed by atoms with Gasteiger partial charge in [0.05, 0.1) is 7.11 Å². The molecule has 0 aromatic heterocycles. The molecule has 0 bridgehead atoms. The van der Waals surface area contributed by atoms with Crippen LogP contribution in [-0.2, 0) is 9.59 Å². The SMILES string of the molecule is COc1cc([C@@H]2C(C(=O)Nc3cccc(F)c3)=C(C)NC3=C2C(=O)C[C@H](c2ccccc2)C3)ccc1O. The zero-order chi connectivity index (χ0) is 26.1. The molecule has 188 valence electrons. The van der Waals surface area contributed by atoms with E-state index in [1.165, 1.54) is 31.4 Å². The fourth-order valence-corrected chi connectivity index (χ4v) is 5.27. The van der Waals surface area contributed by atoms with Gasteiger partial charge in [-0.25, -0.2) is 4.39 Å². The lowest BCUT2D eigenvalue weighted by molar-refractivity contribution is -0.116. The van der Waals surface area contributed by atoms with Crippen LogP contribution in [0.5, 0.6) is 11.5 Å². The summed E-state index contributed by atoms with van der Waals surface area (Å²) in [4.78, 5) is 27.3. The minimum Gasteiger partial charge on any atom is -0.504 e. The maximum Gasteiger partial charge on any atom is 0.254 e. The second-order valence-electron chi connectivity index (χ2n) is 9.32. The number of phenolic OH excluding ortho intramolecular Hbond substituents is 1. The standard InChI is InChI=1S/C30H27FN2O4/c1-17-27(30(36)33-22-10-6-9-21(31)16-22)28(19-11-12-24(34)26(15-19)37-2)29-23(32-17)13-20(14-25(29)35)18-7-4-3-5-8-18/h3-12,15-16,20,28,32,34H,13-14H2,1-2H3,(H,33,36)/t20-,28-/m1/s1. The van der Waals surface area contributed by atoms with E-state index in [1.807, 2.05) is 30.3 Å². The summed E-state index contributed by atoms with van der Waals surface area (Å²) >= 11 is 0. The van der Waals surface area contributed by atoms with Crippen LogP contribution >= 0.6 is 0 Å². The van der Waals surface area contributed by atoms with E-state index in [0.29, 0.717) is 40.9 Å². The van der Waals surface area contributed by atoms with Crippen LogP contribution in [0.25, 0.3) is 0 Å². The molecule has 1 aliphatic carbocycles. The number of carbonyl (C=O) groups excluding carboxylic acids is 2. The molecule has 5 rings (SSSR count). The maximum absolute atomic E-state index is 13.8.